The van der Waals surface area contributed by atoms with E-state index in [4.69, 9.17) is 14.2 Å². The number of carbonyl (C=O) groups excluding carboxylic acids is 2. The molecule has 2 heterocycles. The van der Waals surface area contributed by atoms with E-state index in [1.807, 2.05) is 55.5 Å². The minimum absolute atomic E-state index is 0.0687. The number of carbonyl (C=O) groups is 2. The van der Waals surface area contributed by atoms with Gasteiger partial charge in [-0.25, -0.2) is 0 Å². The summed E-state index contributed by atoms with van der Waals surface area (Å²) in [5.74, 6) is 0.303. The van der Waals surface area contributed by atoms with Crippen molar-refractivity contribution >= 4 is 45.7 Å². The van der Waals surface area contributed by atoms with E-state index in [2.05, 4.69) is 23.2 Å². The number of thioether (sulfide) groups is 1. The predicted octanol–water partition coefficient (Wildman–Crippen LogP) is 8.92. The summed E-state index contributed by atoms with van der Waals surface area (Å²) in [6.07, 6.45) is 3.01. The average Bonchev–Trinajstić information content (AvgIpc) is 3.73. The van der Waals surface area contributed by atoms with Gasteiger partial charge in [-0.05, 0) is 66.4 Å². The number of benzene rings is 4. The van der Waals surface area contributed by atoms with Crippen LogP contribution in [0.5, 0.6) is 17.2 Å². The first kappa shape index (κ1) is 35.7. The zero-order valence-corrected chi connectivity index (χ0v) is 30.3. The van der Waals surface area contributed by atoms with Gasteiger partial charge in [0.1, 0.15) is 18.1 Å². The van der Waals surface area contributed by atoms with Gasteiger partial charge in [-0.15, -0.1) is 10.2 Å². The van der Waals surface area contributed by atoms with E-state index in [1.165, 1.54) is 28.0 Å². The first-order chi connectivity index (χ1) is 24.9. The molecule has 9 nitrogen and oxygen atoms in total. The second-order valence-corrected chi connectivity index (χ2v) is 14.2. The Bertz CT molecular complexity index is 2010. The van der Waals surface area contributed by atoms with Crippen LogP contribution in [0.4, 0.5) is 5.13 Å². The largest absolute Gasteiger partial charge is 0.507 e. The van der Waals surface area contributed by atoms with E-state index in [-0.39, 0.29) is 16.5 Å². The average molecular weight is 722 g/mol. The van der Waals surface area contributed by atoms with Crippen LogP contribution in [-0.4, -0.2) is 40.7 Å². The highest BCUT2D eigenvalue weighted by molar-refractivity contribution is 8.00. The molecule has 1 unspecified atom stereocenters. The SMILES string of the molecule is CCCCCOc1ccc(C2/C(=C(\O)c3ccc(OCc4cccc(C)c4)cc3)C(=O)C(=O)N2c2nnc(SCc3ccccc3)s2)cc1OC. The summed E-state index contributed by atoms with van der Waals surface area (Å²) in [4.78, 5) is 29.0. The molecule has 0 bridgehead atoms. The minimum Gasteiger partial charge on any atom is -0.507 e. The van der Waals surface area contributed by atoms with Gasteiger partial charge in [0.15, 0.2) is 15.8 Å². The number of anilines is 1. The molecule has 1 N–H and O–H groups in total. The minimum atomic E-state index is -1.01. The van der Waals surface area contributed by atoms with Crippen LogP contribution < -0.4 is 19.1 Å². The van der Waals surface area contributed by atoms with Gasteiger partial charge >= 0.3 is 5.91 Å². The van der Waals surface area contributed by atoms with Crippen molar-refractivity contribution in [2.45, 2.75) is 55.9 Å². The predicted molar refractivity (Wildman–Crippen MR) is 201 cm³/mol. The van der Waals surface area contributed by atoms with Crippen LogP contribution in [-0.2, 0) is 21.9 Å². The van der Waals surface area contributed by atoms with Gasteiger partial charge in [-0.2, -0.15) is 0 Å². The fourth-order valence-electron chi connectivity index (χ4n) is 5.76. The Morgan fingerprint density at radius 3 is 2.41 bits per heavy atom. The Labute approximate surface area is 305 Å². The maximum absolute atomic E-state index is 13.8. The summed E-state index contributed by atoms with van der Waals surface area (Å²) in [6, 6.07) is 29.1. The number of unbranched alkanes of at least 4 members (excludes halogenated alkanes) is 2. The Morgan fingerprint density at radius 2 is 1.67 bits per heavy atom. The van der Waals surface area contributed by atoms with Crippen LogP contribution in [0.3, 0.4) is 0 Å². The van der Waals surface area contributed by atoms with Gasteiger partial charge < -0.3 is 19.3 Å². The third kappa shape index (κ3) is 8.44. The molecule has 51 heavy (non-hydrogen) atoms. The molecule has 0 radical (unpaired) electrons. The fraction of sp³-hybridized carbons (Fsp3) is 0.250. The highest BCUT2D eigenvalue weighted by Gasteiger charge is 2.48. The van der Waals surface area contributed by atoms with Crippen molar-refractivity contribution in [1.82, 2.24) is 10.2 Å². The molecular weight excluding hydrogens is 683 g/mol. The van der Waals surface area contributed by atoms with Gasteiger partial charge in [-0.1, -0.05) is 109 Å². The van der Waals surface area contributed by atoms with E-state index < -0.39 is 17.7 Å². The molecule has 0 aliphatic carbocycles. The van der Waals surface area contributed by atoms with Gasteiger partial charge in [-0.3, -0.25) is 14.5 Å². The van der Waals surface area contributed by atoms with Crippen molar-refractivity contribution in [2.75, 3.05) is 18.6 Å². The van der Waals surface area contributed by atoms with Crippen molar-refractivity contribution in [2.24, 2.45) is 0 Å². The lowest BCUT2D eigenvalue weighted by atomic mass is 9.95. The molecule has 0 saturated carbocycles. The number of amides is 1. The van der Waals surface area contributed by atoms with Gasteiger partial charge in [0.25, 0.3) is 5.78 Å². The van der Waals surface area contributed by atoms with Crippen molar-refractivity contribution < 1.29 is 28.9 Å². The van der Waals surface area contributed by atoms with Crippen LogP contribution in [0.25, 0.3) is 5.76 Å². The zero-order valence-electron chi connectivity index (χ0n) is 28.7. The van der Waals surface area contributed by atoms with E-state index >= 15 is 0 Å². The summed E-state index contributed by atoms with van der Waals surface area (Å²) in [5.41, 5.74) is 4.13. The Balaban J connectivity index is 1.33. The second kappa shape index (κ2) is 16.7. The number of methoxy groups -OCH3 is 1. The fourth-order valence-corrected chi connectivity index (χ4v) is 7.59. The van der Waals surface area contributed by atoms with E-state index in [0.29, 0.717) is 51.7 Å². The molecular formula is C40H39N3O6S2. The van der Waals surface area contributed by atoms with Crippen LogP contribution in [0, 0.1) is 6.92 Å². The molecule has 11 heteroatoms. The number of Topliss-reactive ketones (excluding diaryl/α,β-unsaturated/α-hetero) is 1. The number of aromatic nitrogens is 2. The lowest BCUT2D eigenvalue weighted by Crippen LogP contribution is -2.29. The molecule has 1 fully saturated rings. The Morgan fingerprint density at radius 1 is 0.882 bits per heavy atom. The second-order valence-electron chi connectivity index (χ2n) is 12.1. The number of aryl methyl sites for hydroxylation is 1. The number of ketones is 1. The topological polar surface area (TPSA) is 111 Å². The van der Waals surface area contributed by atoms with Gasteiger partial charge in [0, 0.05) is 11.3 Å². The van der Waals surface area contributed by atoms with Gasteiger partial charge in [0.2, 0.25) is 5.13 Å². The smallest absolute Gasteiger partial charge is 0.301 e. The number of ether oxygens (including phenoxy) is 3. The number of nitrogens with zero attached hydrogens (tertiary/aromatic N) is 3. The molecule has 1 atom stereocenters. The highest BCUT2D eigenvalue weighted by atomic mass is 32.2. The van der Waals surface area contributed by atoms with Crippen LogP contribution >= 0.6 is 23.1 Å². The standard InChI is InChI=1S/C40H39N3O6S2/c1-4-5-9-21-48-32-20-17-30(23-33(32)47-3)35-34(36(44)29-15-18-31(19-16-29)49-24-28-14-10-11-26(2)22-28)37(45)38(46)43(35)39-41-42-40(51-39)50-25-27-12-7-6-8-13-27/h6-8,10-20,22-23,35,44H,4-5,9,21,24-25H2,1-3H3/b36-34+. The van der Waals surface area contributed by atoms with Crippen LogP contribution in [0.1, 0.15) is 60.0 Å². The maximum atomic E-state index is 13.8. The molecule has 1 aliphatic rings. The molecule has 262 valence electrons. The van der Waals surface area contributed by atoms with Crippen molar-refractivity contribution in [1.29, 1.82) is 0 Å². The maximum Gasteiger partial charge on any atom is 0.301 e. The number of hydrogen-bond donors (Lipinski definition) is 1. The van der Waals surface area contributed by atoms with Gasteiger partial charge in [0.05, 0.1) is 25.3 Å². The third-order valence-electron chi connectivity index (χ3n) is 8.38. The summed E-state index contributed by atoms with van der Waals surface area (Å²) >= 11 is 2.71. The molecule has 1 amide bonds. The number of aliphatic hydroxyl groups excluding tert-OH is 1. The van der Waals surface area contributed by atoms with E-state index in [1.54, 1.807) is 49.6 Å². The first-order valence-electron chi connectivity index (χ1n) is 16.8. The summed E-state index contributed by atoms with van der Waals surface area (Å²) < 4.78 is 18.3. The molecule has 5 aromatic rings. The Kier molecular flexibility index (Phi) is 11.7. The summed E-state index contributed by atoms with van der Waals surface area (Å²) in [5, 5.41) is 20.7. The first-order valence-corrected chi connectivity index (χ1v) is 18.6. The third-order valence-corrected chi connectivity index (χ3v) is 10.5. The van der Waals surface area contributed by atoms with E-state index in [0.717, 1.165) is 36.0 Å². The normalized spacial score (nSPS) is 15.3. The molecule has 1 aromatic heterocycles. The van der Waals surface area contributed by atoms with Crippen molar-refractivity contribution in [3.63, 3.8) is 0 Å². The molecule has 4 aromatic carbocycles. The number of rotatable bonds is 15. The van der Waals surface area contributed by atoms with Crippen molar-refractivity contribution in [3.05, 3.63) is 130 Å². The molecule has 1 aliphatic heterocycles. The molecule has 1 saturated heterocycles. The lowest BCUT2D eigenvalue weighted by Gasteiger charge is -2.23. The lowest BCUT2D eigenvalue weighted by molar-refractivity contribution is -0.132. The quantitative estimate of drug-likeness (QED) is 0.0283. The summed E-state index contributed by atoms with van der Waals surface area (Å²) in [6.45, 7) is 5.07. The summed E-state index contributed by atoms with van der Waals surface area (Å²) in [7, 11) is 1.54. The van der Waals surface area contributed by atoms with Crippen LogP contribution in [0.2, 0.25) is 0 Å². The monoisotopic (exact) mass is 721 g/mol. The Hall–Kier alpha value is -5.13. The van der Waals surface area contributed by atoms with E-state index in [9.17, 15) is 14.7 Å². The number of hydrogen-bond acceptors (Lipinski definition) is 10. The van der Waals surface area contributed by atoms with Crippen molar-refractivity contribution in [3.8, 4) is 17.2 Å². The highest BCUT2D eigenvalue weighted by Crippen LogP contribution is 2.45. The molecule has 0 spiro atoms. The number of aliphatic hydroxyl groups is 1. The molecule has 6 rings (SSSR count). The zero-order chi connectivity index (χ0) is 35.7. The van der Waals surface area contributed by atoms with Crippen LogP contribution in [0.15, 0.2) is 107 Å².